The summed E-state index contributed by atoms with van der Waals surface area (Å²) in [4.78, 5) is 13.0. The van der Waals surface area contributed by atoms with Crippen molar-refractivity contribution in [2.24, 2.45) is 39.9 Å². The second-order valence-electron chi connectivity index (χ2n) is 12.8. The number of nitriles is 1. The summed E-state index contributed by atoms with van der Waals surface area (Å²) < 4.78 is 0. The first-order chi connectivity index (χ1) is 15.1. The van der Waals surface area contributed by atoms with Crippen molar-refractivity contribution >= 4 is 5.78 Å². The quantitative estimate of drug-likeness (QED) is 0.422. The molecule has 4 aliphatic rings. The molecule has 0 spiro atoms. The predicted molar refractivity (Wildman–Crippen MR) is 132 cm³/mol. The Labute approximate surface area is 196 Å². The van der Waals surface area contributed by atoms with Gasteiger partial charge in [-0.1, -0.05) is 72.5 Å². The van der Waals surface area contributed by atoms with Crippen molar-refractivity contribution in [2.75, 3.05) is 0 Å². The molecule has 0 aromatic carbocycles. The molecule has 176 valence electrons. The zero-order chi connectivity index (χ0) is 23.3. The summed E-state index contributed by atoms with van der Waals surface area (Å²) >= 11 is 0. The molecule has 0 N–H and O–H groups in total. The van der Waals surface area contributed by atoms with Crippen molar-refractivity contribution in [3.05, 3.63) is 22.8 Å². The zero-order valence-electron chi connectivity index (χ0n) is 21.5. The largest absolute Gasteiger partial charge is 0.299 e. The van der Waals surface area contributed by atoms with E-state index in [0.29, 0.717) is 30.0 Å². The minimum atomic E-state index is -0.460. The Morgan fingerprint density at radius 3 is 2.47 bits per heavy atom. The maximum Gasteiger partial charge on any atom is 0.140 e. The lowest BCUT2D eigenvalue weighted by Crippen LogP contribution is -2.52. The van der Waals surface area contributed by atoms with Gasteiger partial charge >= 0.3 is 0 Å². The van der Waals surface area contributed by atoms with Crippen LogP contribution in [0.2, 0.25) is 0 Å². The number of nitrogens with zero attached hydrogens (tertiary/aromatic N) is 1. The van der Waals surface area contributed by atoms with Crippen molar-refractivity contribution in [2.45, 2.75) is 112 Å². The van der Waals surface area contributed by atoms with E-state index in [4.69, 9.17) is 0 Å². The molecule has 1 unspecified atom stereocenters. The number of carbonyl (C=O) groups excluding carboxylic acids is 1. The van der Waals surface area contributed by atoms with Gasteiger partial charge in [-0.3, -0.25) is 4.79 Å². The molecule has 0 amide bonds. The minimum absolute atomic E-state index is 0.0935. The summed E-state index contributed by atoms with van der Waals surface area (Å²) in [6, 6.07) is 2.37. The third kappa shape index (κ3) is 3.54. The van der Waals surface area contributed by atoms with Crippen molar-refractivity contribution in [3.63, 3.8) is 0 Å². The zero-order valence-corrected chi connectivity index (χ0v) is 21.5. The number of allylic oxidation sites excluding steroid dienone is 4. The number of ketones is 1. The van der Waals surface area contributed by atoms with Crippen LogP contribution in [0.5, 0.6) is 0 Å². The first-order valence-corrected chi connectivity index (χ1v) is 13.4. The highest BCUT2D eigenvalue weighted by molar-refractivity contribution is 5.86. The molecule has 4 aliphatic carbocycles. The van der Waals surface area contributed by atoms with Crippen LogP contribution in [0.25, 0.3) is 0 Å². The van der Waals surface area contributed by atoms with Crippen LogP contribution >= 0.6 is 0 Å². The van der Waals surface area contributed by atoms with Gasteiger partial charge in [-0.2, -0.15) is 5.26 Å². The van der Waals surface area contributed by atoms with E-state index in [1.54, 1.807) is 16.7 Å². The molecule has 0 radical (unpaired) electrons. The fourth-order valence-electron chi connectivity index (χ4n) is 8.65. The van der Waals surface area contributed by atoms with Gasteiger partial charge in [-0.15, -0.1) is 0 Å². The number of rotatable bonds is 6. The van der Waals surface area contributed by atoms with Crippen LogP contribution in [0, 0.1) is 51.2 Å². The monoisotopic (exact) mass is 435 g/mol. The summed E-state index contributed by atoms with van der Waals surface area (Å²) in [5.74, 6) is 3.03. The van der Waals surface area contributed by atoms with Crippen LogP contribution < -0.4 is 0 Å². The highest BCUT2D eigenvalue weighted by Gasteiger charge is 2.58. The molecule has 0 aliphatic heterocycles. The SMILES string of the molecule is CC(C)CCC[C@@H](C)[C@H]1CC=C2C3=C(CC[C@@]21C)[C@@]1(C)CCC(=O)C(C)(CC#N)[C@@H]1CC3. The molecule has 32 heavy (non-hydrogen) atoms. The average Bonchev–Trinajstić information content (AvgIpc) is 3.08. The topological polar surface area (TPSA) is 40.9 Å². The van der Waals surface area contributed by atoms with Crippen molar-refractivity contribution in [1.29, 1.82) is 5.26 Å². The molecular formula is C30H45NO. The summed E-state index contributed by atoms with van der Waals surface area (Å²) in [6.45, 7) is 14.3. The van der Waals surface area contributed by atoms with Crippen LogP contribution in [0.4, 0.5) is 0 Å². The van der Waals surface area contributed by atoms with Gasteiger partial charge in [0.05, 0.1) is 6.07 Å². The third-order valence-electron chi connectivity index (χ3n) is 10.6. The maximum absolute atomic E-state index is 13.0. The van der Waals surface area contributed by atoms with E-state index in [9.17, 15) is 10.1 Å². The standard InChI is InChI=1S/C30H45NO/c1-20(2)8-7-9-21(3)23-11-12-24-22-10-13-26-29(5,25(22)14-16-28(23,24)4)17-15-27(32)30(26,6)18-19-31/h12,20-21,23,26H,7-11,13-18H2,1-6H3/t21-,23-,26-,28-,29-,30?/m1/s1. The smallest absolute Gasteiger partial charge is 0.140 e. The maximum atomic E-state index is 13.0. The first-order valence-electron chi connectivity index (χ1n) is 13.4. The molecule has 0 heterocycles. The van der Waals surface area contributed by atoms with Gasteiger partial charge in [0.25, 0.3) is 0 Å². The first kappa shape index (κ1) is 23.8. The fourth-order valence-corrected chi connectivity index (χ4v) is 8.65. The molecule has 2 heteroatoms. The molecule has 0 aromatic rings. The van der Waals surface area contributed by atoms with Crippen LogP contribution in [0.1, 0.15) is 112 Å². The summed E-state index contributed by atoms with van der Waals surface area (Å²) in [6.07, 6.45) is 14.6. The minimum Gasteiger partial charge on any atom is -0.299 e. The van der Waals surface area contributed by atoms with Gasteiger partial charge < -0.3 is 0 Å². The predicted octanol–water partition coefficient (Wildman–Crippen LogP) is 8.19. The summed E-state index contributed by atoms with van der Waals surface area (Å²) in [7, 11) is 0. The molecule has 0 aromatic heterocycles. The Morgan fingerprint density at radius 1 is 1.06 bits per heavy atom. The van der Waals surface area contributed by atoms with E-state index in [2.05, 4.69) is 53.7 Å². The Balaban J connectivity index is 1.61. The van der Waals surface area contributed by atoms with E-state index in [-0.39, 0.29) is 5.41 Å². The number of fused-ring (bicyclic) bond motifs is 4. The fraction of sp³-hybridized carbons (Fsp3) is 0.800. The van der Waals surface area contributed by atoms with E-state index in [1.807, 2.05) is 0 Å². The van der Waals surface area contributed by atoms with Crippen LogP contribution in [-0.2, 0) is 4.79 Å². The van der Waals surface area contributed by atoms with E-state index < -0.39 is 5.41 Å². The van der Waals surface area contributed by atoms with Gasteiger partial charge in [0.1, 0.15) is 5.78 Å². The lowest BCUT2D eigenvalue weighted by Gasteiger charge is -2.57. The highest BCUT2D eigenvalue weighted by atomic mass is 16.1. The van der Waals surface area contributed by atoms with Gasteiger partial charge in [0.15, 0.2) is 0 Å². The molecule has 1 fully saturated rings. The average molecular weight is 436 g/mol. The Hall–Kier alpha value is -1.36. The highest BCUT2D eigenvalue weighted by Crippen LogP contribution is 2.66. The van der Waals surface area contributed by atoms with Crippen molar-refractivity contribution < 1.29 is 4.79 Å². The molecular weight excluding hydrogens is 390 g/mol. The Kier molecular flexibility index (Phi) is 6.28. The van der Waals surface area contributed by atoms with Crippen molar-refractivity contribution in [1.82, 2.24) is 0 Å². The van der Waals surface area contributed by atoms with E-state index in [0.717, 1.165) is 37.0 Å². The van der Waals surface area contributed by atoms with E-state index in [1.165, 1.54) is 38.5 Å². The lowest BCUT2D eigenvalue weighted by atomic mass is 9.46. The number of hydrogen-bond acceptors (Lipinski definition) is 2. The normalized spacial score (nSPS) is 39.8. The molecule has 0 saturated heterocycles. The van der Waals surface area contributed by atoms with Crippen LogP contribution in [0.15, 0.2) is 22.8 Å². The van der Waals surface area contributed by atoms with Crippen molar-refractivity contribution in [3.8, 4) is 6.07 Å². The molecule has 4 rings (SSSR count). The van der Waals surface area contributed by atoms with Gasteiger partial charge in [0, 0.05) is 18.3 Å². The van der Waals surface area contributed by atoms with E-state index >= 15 is 0 Å². The lowest BCUT2D eigenvalue weighted by molar-refractivity contribution is -0.140. The van der Waals surface area contributed by atoms with Gasteiger partial charge in [0.2, 0.25) is 0 Å². The Bertz CT molecular complexity index is 872. The van der Waals surface area contributed by atoms with Crippen LogP contribution in [0.3, 0.4) is 0 Å². The third-order valence-corrected chi connectivity index (χ3v) is 10.6. The molecule has 6 atom stereocenters. The number of carbonyl (C=O) groups is 1. The molecule has 0 bridgehead atoms. The second kappa shape index (κ2) is 8.45. The second-order valence-corrected chi connectivity index (χ2v) is 12.8. The molecule has 1 saturated carbocycles. The van der Waals surface area contributed by atoms with Crippen LogP contribution in [-0.4, -0.2) is 5.78 Å². The summed E-state index contributed by atoms with van der Waals surface area (Å²) in [5, 5.41) is 9.51. The summed E-state index contributed by atoms with van der Waals surface area (Å²) in [5.41, 5.74) is 4.98. The molecule has 2 nitrogen and oxygen atoms in total. The number of hydrogen-bond donors (Lipinski definition) is 0. The number of Topliss-reactive ketones (excluding diaryl/α,β-unsaturated/α-hetero) is 1. The van der Waals surface area contributed by atoms with Gasteiger partial charge in [-0.25, -0.2) is 0 Å². The van der Waals surface area contributed by atoms with Gasteiger partial charge in [-0.05, 0) is 84.2 Å². The Morgan fingerprint density at radius 2 is 1.78 bits per heavy atom.